The Morgan fingerprint density at radius 2 is 1.79 bits per heavy atom. The molecule has 0 bridgehead atoms. The third kappa shape index (κ3) is 4.26. The van der Waals surface area contributed by atoms with Gasteiger partial charge < -0.3 is 5.32 Å². The normalized spacial score (nSPS) is 24.2. The molecule has 0 saturated heterocycles. The standard InChI is InChI=1S/C15H20Cl3N/c1-10-3-2-4-11(6-5-10)19-9-12-13(16)7-8-14(17)15(12)18/h7-8,10-11,19H,2-6,9H2,1H3. The zero-order chi connectivity index (χ0) is 13.8. The lowest BCUT2D eigenvalue weighted by atomic mass is 10.0. The molecule has 0 aromatic heterocycles. The van der Waals surface area contributed by atoms with Crippen molar-refractivity contribution in [1.29, 1.82) is 0 Å². The van der Waals surface area contributed by atoms with Crippen molar-refractivity contribution in [1.82, 2.24) is 5.32 Å². The summed E-state index contributed by atoms with van der Waals surface area (Å²) in [5.41, 5.74) is 0.910. The van der Waals surface area contributed by atoms with Gasteiger partial charge in [-0.15, -0.1) is 0 Å². The second kappa shape index (κ2) is 7.17. The van der Waals surface area contributed by atoms with E-state index < -0.39 is 0 Å². The van der Waals surface area contributed by atoms with Crippen LogP contribution in [0.1, 0.15) is 44.6 Å². The highest BCUT2D eigenvalue weighted by Crippen LogP contribution is 2.31. The van der Waals surface area contributed by atoms with E-state index in [4.69, 9.17) is 34.8 Å². The van der Waals surface area contributed by atoms with Crippen molar-refractivity contribution in [2.45, 2.75) is 51.6 Å². The van der Waals surface area contributed by atoms with Crippen LogP contribution in [0.15, 0.2) is 12.1 Å². The highest BCUT2D eigenvalue weighted by Gasteiger charge is 2.17. The predicted molar refractivity (Wildman–Crippen MR) is 84.3 cm³/mol. The summed E-state index contributed by atoms with van der Waals surface area (Å²) in [7, 11) is 0. The molecular formula is C15H20Cl3N. The van der Waals surface area contributed by atoms with Crippen LogP contribution in [0.2, 0.25) is 15.1 Å². The number of benzene rings is 1. The number of hydrogen-bond acceptors (Lipinski definition) is 1. The van der Waals surface area contributed by atoms with Crippen LogP contribution in [0.4, 0.5) is 0 Å². The lowest BCUT2D eigenvalue weighted by Gasteiger charge is -2.18. The van der Waals surface area contributed by atoms with Gasteiger partial charge in [-0.3, -0.25) is 0 Å². The molecule has 1 aliphatic carbocycles. The molecule has 1 N–H and O–H groups in total. The summed E-state index contributed by atoms with van der Waals surface area (Å²) in [5.74, 6) is 0.852. The minimum absolute atomic E-state index is 0.566. The SMILES string of the molecule is CC1CCCC(NCc2c(Cl)ccc(Cl)c2Cl)CC1. The van der Waals surface area contributed by atoms with Gasteiger partial charge in [0.05, 0.1) is 10.0 Å². The van der Waals surface area contributed by atoms with Crippen LogP contribution >= 0.6 is 34.8 Å². The molecule has 1 aromatic rings. The molecule has 0 spiro atoms. The second-order valence-electron chi connectivity index (χ2n) is 5.51. The summed E-state index contributed by atoms with van der Waals surface area (Å²) in [6.07, 6.45) is 6.42. The Morgan fingerprint density at radius 1 is 1.05 bits per heavy atom. The van der Waals surface area contributed by atoms with Crippen molar-refractivity contribution in [2.75, 3.05) is 0 Å². The molecule has 0 amide bonds. The van der Waals surface area contributed by atoms with E-state index in [1.165, 1.54) is 32.1 Å². The fourth-order valence-electron chi connectivity index (χ4n) is 2.67. The van der Waals surface area contributed by atoms with Gasteiger partial charge >= 0.3 is 0 Å². The fraction of sp³-hybridized carbons (Fsp3) is 0.600. The smallest absolute Gasteiger partial charge is 0.0652 e. The first-order chi connectivity index (χ1) is 9.08. The maximum atomic E-state index is 6.22. The Labute approximate surface area is 130 Å². The monoisotopic (exact) mass is 319 g/mol. The van der Waals surface area contributed by atoms with E-state index >= 15 is 0 Å². The van der Waals surface area contributed by atoms with Gasteiger partial charge in [-0.05, 0) is 37.3 Å². The average Bonchev–Trinajstić information content (AvgIpc) is 2.59. The van der Waals surface area contributed by atoms with Crippen LogP contribution in [0.25, 0.3) is 0 Å². The summed E-state index contributed by atoms with van der Waals surface area (Å²) in [6, 6.07) is 4.11. The molecule has 2 atom stereocenters. The molecule has 4 heteroatoms. The zero-order valence-electron chi connectivity index (χ0n) is 11.2. The molecule has 1 aliphatic rings. The molecule has 19 heavy (non-hydrogen) atoms. The van der Waals surface area contributed by atoms with Crippen LogP contribution < -0.4 is 5.32 Å². The Morgan fingerprint density at radius 3 is 2.58 bits per heavy atom. The van der Waals surface area contributed by atoms with Crippen molar-refractivity contribution < 1.29 is 0 Å². The minimum atomic E-state index is 0.566. The highest BCUT2D eigenvalue weighted by atomic mass is 35.5. The topological polar surface area (TPSA) is 12.0 Å². The van der Waals surface area contributed by atoms with Gasteiger partial charge in [-0.2, -0.15) is 0 Å². The molecule has 1 aromatic carbocycles. The Balaban J connectivity index is 1.97. The van der Waals surface area contributed by atoms with Crippen LogP contribution in [0.5, 0.6) is 0 Å². The van der Waals surface area contributed by atoms with E-state index in [0.29, 0.717) is 27.7 Å². The van der Waals surface area contributed by atoms with Gasteiger partial charge in [0, 0.05) is 23.2 Å². The summed E-state index contributed by atoms with van der Waals surface area (Å²) in [6.45, 7) is 3.03. The van der Waals surface area contributed by atoms with Crippen LogP contribution in [-0.2, 0) is 6.54 Å². The quantitative estimate of drug-likeness (QED) is 0.556. The van der Waals surface area contributed by atoms with Gasteiger partial charge in [0.2, 0.25) is 0 Å². The molecular weight excluding hydrogens is 301 g/mol. The van der Waals surface area contributed by atoms with Gasteiger partial charge in [0.1, 0.15) is 0 Å². The van der Waals surface area contributed by atoms with Crippen molar-refractivity contribution in [3.05, 3.63) is 32.8 Å². The number of rotatable bonds is 3. The first-order valence-electron chi connectivity index (χ1n) is 6.93. The van der Waals surface area contributed by atoms with Gasteiger partial charge in [0.15, 0.2) is 0 Å². The van der Waals surface area contributed by atoms with Crippen LogP contribution in [0.3, 0.4) is 0 Å². The summed E-state index contributed by atoms with van der Waals surface area (Å²) in [5, 5.41) is 5.40. The lowest BCUT2D eigenvalue weighted by molar-refractivity contribution is 0.447. The molecule has 0 aliphatic heterocycles. The van der Waals surface area contributed by atoms with E-state index in [9.17, 15) is 0 Å². The van der Waals surface area contributed by atoms with E-state index in [1.807, 2.05) is 6.07 Å². The first kappa shape index (κ1) is 15.4. The fourth-order valence-corrected chi connectivity index (χ4v) is 3.35. The zero-order valence-corrected chi connectivity index (χ0v) is 13.5. The van der Waals surface area contributed by atoms with Crippen molar-refractivity contribution >= 4 is 34.8 Å². The summed E-state index contributed by atoms with van der Waals surface area (Å²) < 4.78 is 0. The summed E-state index contributed by atoms with van der Waals surface area (Å²) >= 11 is 18.4. The van der Waals surface area contributed by atoms with Crippen molar-refractivity contribution in [3.63, 3.8) is 0 Å². The molecule has 1 fully saturated rings. The maximum absolute atomic E-state index is 6.22. The molecule has 2 unspecified atom stereocenters. The largest absolute Gasteiger partial charge is 0.310 e. The van der Waals surface area contributed by atoms with Crippen LogP contribution in [-0.4, -0.2) is 6.04 Å². The number of hydrogen-bond donors (Lipinski definition) is 1. The Hall–Kier alpha value is 0.0500. The lowest BCUT2D eigenvalue weighted by Crippen LogP contribution is -2.28. The van der Waals surface area contributed by atoms with Gasteiger partial charge in [-0.1, -0.05) is 54.6 Å². The third-order valence-electron chi connectivity index (χ3n) is 3.96. The third-order valence-corrected chi connectivity index (χ3v) is 5.16. The Kier molecular flexibility index (Phi) is 5.83. The van der Waals surface area contributed by atoms with Crippen molar-refractivity contribution in [2.24, 2.45) is 5.92 Å². The number of nitrogens with one attached hydrogen (secondary N) is 1. The first-order valence-corrected chi connectivity index (χ1v) is 8.07. The van der Waals surface area contributed by atoms with E-state index in [0.717, 1.165) is 11.5 Å². The molecule has 2 rings (SSSR count). The average molecular weight is 321 g/mol. The van der Waals surface area contributed by atoms with Crippen LogP contribution in [0, 0.1) is 5.92 Å². The van der Waals surface area contributed by atoms with Gasteiger partial charge in [-0.25, -0.2) is 0 Å². The van der Waals surface area contributed by atoms with E-state index in [2.05, 4.69) is 12.2 Å². The molecule has 106 valence electrons. The number of halogens is 3. The predicted octanol–water partition coefficient (Wildman–Crippen LogP) is 5.71. The highest BCUT2D eigenvalue weighted by molar-refractivity contribution is 6.44. The summed E-state index contributed by atoms with van der Waals surface area (Å²) in [4.78, 5) is 0. The van der Waals surface area contributed by atoms with E-state index in [-0.39, 0.29) is 0 Å². The molecule has 0 radical (unpaired) electrons. The molecule has 0 heterocycles. The molecule has 1 saturated carbocycles. The minimum Gasteiger partial charge on any atom is -0.310 e. The van der Waals surface area contributed by atoms with E-state index in [1.54, 1.807) is 6.07 Å². The molecule has 1 nitrogen and oxygen atoms in total. The van der Waals surface area contributed by atoms with Gasteiger partial charge in [0.25, 0.3) is 0 Å². The Bertz CT molecular complexity index is 434. The maximum Gasteiger partial charge on any atom is 0.0652 e. The van der Waals surface area contributed by atoms with Crippen molar-refractivity contribution in [3.8, 4) is 0 Å². The second-order valence-corrected chi connectivity index (χ2v) is 6.71.